The minimum atomic E-state index is 0.477. The summed E-state index contributed by atoms with van der Waals surface area (Å²) >= 11 is 3.56. The minimum absolute atomic E-state index is 0.477. The van der Waals surface area contributed by atoms with Gasteiger partial charge in [-0.1, -0.05) is 15.9 Å². The molecule has 0 spiro atoms. The van der Waals surface area contributed by atoms with Crippen LogP contribution in [0.2, 0.25) is 0 Å². The molecule has 0 aliphatic rings. The predicted octanol–water partition coefficient (Wildman–Crippen LogP) is 2.68. The quantitative estimate of drug-likeness (QED) is 0.876. The summed E-state index contributed by atoms with van der Waals surface area (Å²) in [6, 6.07) is 6.90. The molecule has 4 heteroatoms. The van der Waals surface area contributed by atoms with Gasteiger partial charge < -0.3 is 15.5 Å². The number of hydrogen-bond acceptors (Lipinski definition) is 3. The average Bonchev–Trinajstić information content (AvgIpc) is 2.28. The van der Waals surface area contributed by atoms with Gasteiger partial charge in [0.25, 0.3) is 0 Å². The van der Waals surface area contributed by atoms with E-state index in [2.05, 4.69) is 71.9 Å². The van der Waals surface area contributed by atoms with Gasteiger partial charge in [0.1, 0.15) is 0 Å². The number of halogens is 1. The lowest BCUT2D eigenvalue weighted by Gasteiger charge is -2.32. The molecule has 0 fully saturated rings. The summed E-state index contributed by atoms with van der Waals surface area (Å²) in [4.78, 5) is 4.62. The molecule has 0 aliphatic carbocycles. The van der Waals surface area contributed by atoms with E-state index in [1.165, 1.54) is 5.69 Å². The molecule has 1 rings (SSSR count). The molecule has 0 aromatic heterocycles. The first-order valence-electron chi connectivity index (χ1n) is 6.38. The molecule has 0 bridgehead atoms. The van der Waals surface area contributed by atoms with Crippen LogP contribution in [-0.4, -0.2) is 38.1 Å². The zero-order chi connectivity index (χ0) is 13.7. The van der Waals surface area contributed by atoms with Gasteiger partial charge in [0.2, 0.25) is 0 Å². The summed E-state index contributed by atoms with van der Waals surface area (Å²) in [5.41, 5.74) is 8.14. The van der Waals surface area contributed by atoms with Crippen LogP contribution >= 0.6 is 15.9 Å². The highest BCUT2D eigenvalue weighted by Crippen LogP contribution is 2.24. The second-order valence-electron chi connectivity index (χ2n) is 4.92. The van der Waals surface area contributed by atoms with Gasteiger partial charge in [-0.05, 0) is 51.7 Å². The van der Waals surface area contributed by atoms with Crippen LogP contribution in [0.3, 0.4) is 0 Å². The van der Waals surface area contributed by atoms with E-state index >= 15 is 0 Å². The van der Waals surface area contributed by atoms with Crippen LogP contribution in [0, 0.1) is 0 Å². The van der Waals surface area contributed by atoms with Crippen molar-refractivity contribution in [3.63, 3.8) is 0 Å². The van der Waals surface area contributed by atoms with Crippen molar-refractivity contribution < 1.29 is 0 Å². The maximum Gasteiger partial charge on any atom is 0.0388 e. The first-order chi connectivity index (χ1) is 8.47. The SMILES string of the molecule is CCN(c1cc(Br)cc(CN)c1)C(C)CN(C)C. The summed E-state index contributed by atoms with van der Waals surface area (Å²) < 4.78 is 1.09. The Morgan fingerprint density at radius 1 is 1.28 bits per heavy atom. The predicted molar refractivity (Wildman–Crippen MR) is 83.1 cm³/mol. The summed E-state index contributed by atoms with van der Waals surface area (Å²) in [7, 11) is 4.22. The molecule has 0 saturated heterocycles. The monoisotopic (exact) mass is 313 g/mol. The van der Waals surface area contributed by atoms with Crippen LogP contribution in [0.5, 0.6) is 0 Å². The third-order valence-corrected chi connectivity index (χ3v) is 3.47. The molecule has 1 atom stereocenters. The van der Waals surface area contributed by atoms with Gasteiger partial charge in [0.15, 0.2) is 0 Å². The Labute approximate surface area is 119 Å². The van der Waals surface area contributed by atoms with Crippen LogP contribution < -0.4 is 10.6 Å². The number of anilines is 1. The summed E-state index contributed by atoms with van der Waals surface area (Å²) in [6.07, 6.45) is 0. The lowest BCUT2D eigenvalue weighted by molar-refractivity contribution is 0.373. The molecule has 3 nitrogen and oxygen atoms in total. The van der Waals surface area contributed by atoms with Gasteiger partial charge in [0.05, 0.1) is 0 Å². The van der Waals surface area contributed by atoms with Crippen LogP contribution in [0.4, 0.5) is 5.69 Å². The third-order valence-electron chi connectivity index (χ3n) is 3.01. The van der Waals surface area contributed by atoms with Crippen LogP contribution in [0.25, 0.3) is 0 Å². The molecule has 1 unspecified atom stereocenters. The first kappa shape index (κ1) is 15.5. The van der Waals surface area contributed by atoms with Crippen LogP contribution in [0.1, 0.15) is 19.4 Å². The molecule has 2 N–H and O–H groups in total. The fraction of sp³-hybridized carbons (Fsp3) is 0.571. The van der Waals surface area contributed by atoms with Gasteiger partial charge in [-0.2, -0.15) is 0 Å². The van der Waals surface area contributed by atoms with E-state index in [0.29, 0.717) is 12.6 Å². The maximum absolute atomic E-state index is 5.74. The first-order valence-corrected chi connectivity index (χ1v) is 7.18. The molecule has 18 heavy (non-hydrogen) atoms. The zero-order valence-electron chi connectivity index (χ0n) is 11.8. The van der Waals surface area contributed by atoms with Crippen LogP contribution in [0.15, 0.2) is 22.7 Å². The van der Waals surface area contributed by atoms with Gasteiger partial charge in [-0.25, -0.2) is 0 Å². The smallest absolute Gasteiger partial charge is 0.0388 e. The van der Waals surface area contributed by atoms with Gasteiger partial charge in [0, 0.05) is 35.8 Å². The molecule has 0 amide bonds. The van der Waals surface area contributed by atoms with Crippen molar-refractivity contribution in [2.45, 2.75) is 26.4 Å². The highest BCUT2D eigenvalue weighted by atomic mass is 79.9. The molecule has 0 saturated carbocycles. The van der Waals surface area contributed by atoms with Crippen molar-refractivity contribution >= 4 is 21.6 Å². The molecule has 1 aromatic rings. The van der Waals surface area contributed by atoms with Crippen molar-refractivity contribution in [1.29, 1.82) is 0 Å². The normalized spacial score (nSPS) is 12.8. The van der Waals surface area contributed by atoms with Crippen molar-refractivity contribution in [3.8, 4) is 0 Å². The lowest BCUT2D eigenvalue weighted by Crippen LogP contribution is -2.40. The maximum atomic E-state index is 5.74. The van der Waals surface area contributed by atoms with E-state index in [4.69, 9.17) is 5.73 Å². The summed E-state index contributed by atoms with van der Waals surface area (Å²) in [5.74, 6) is 0. The Bertz CT molecular complexity index is 379. The van der Waals surface area contributed by atoms with Gasteiger partial charge in [-0.3, -0.25) is 0 Å². The average molecular weight is 314 g/mol. The van der Waals surface area contributed by atoms with Crippen molar-refractivity contribution in [2.75, 3.05) is 32.1 Å². The highest BCUT2D eigenvalue weighted by Gasteiger charge is 2.14. The molecule has 0 aliphatic heterocycles. The molecular weight excluding hydrogens is 290 g/mol. The van der Waals surface area contributed by atoms with E-state index in [1.807, 2.05) is 0 Å². The standard InChI is InChI=1S/C14H24BrN3/c1-5-18(11(2)10-17(3)4)14-7-12(9-16)6-13(15)8-14/h6-8,11H,5,9-10,16H2,1-4H3. The second-order valence-corrected chi connectivity index (χ2v) is 5.83. The van der Waals surface area contributed by atoms with E-state index in [0.717, 1.165) is 23.1 Å². The number of nitrogens with zero attached hydrogens (tertiary/aromatic N) is 2. The Morgan fingerprint density at radius 3 is 2.44 bits per heavy atom. The van der Waals surface area contributed by atoms with E-state index in [1.54, 1.807) is 0 Å². The topological polar surface area (TPSA) is 32.5 Å². The fourth-order valence-electron chi connectivity index (χ4n) is 2.29. The number of likely N-dealkylation sites (N-methyl/N-ethyl adjacent to an activating group) is 2. The minimum Gasteiger partial charge on any atom is -0.368 e. The summed E-state index contributed by atoms with van der Waals surface area (Å²) in [5, 5.41) is 0. The fourth-order valence-corrected chi connectivity index (χ4v) is 2.82. The summed E-state index contributed by atoms with van der Waals surface area (Å²) in [6.45, 7) is 7.06. The number of benzene rings is 1. The Hall–Kier alpha value is -0.580. The lowest BCUT2D eigenvalue weighted by atomic mass is 10.1. The van der Waals surface area contributed by atoms with Gasteiger partial charge >= 0.3 is 0 Å². The second kappa shape index (κ2) is 7.12. The van der Waals surface area contributed by atoms with E-state index in [-0.39, 0.29) is 0 Å². The highest BCUT2D eigenvalue weighted by molar-refractivity contribution is 9.10. The number of nitrogens with two attached hydrogens (primary N) is 1. The van der Waals surface area contributed by atoms with Crippen LogP contribution in [-0.2, 0) is 6.54 Å². The van der Waals surface area contributed by atoms with Crippen molar-refractivity contribution in [1.82, 2.24) is 4.90 Å². The van der Waals surface area contributed by atoms with Crippen molar-refractivity contribution in [2.24, 2.45) is 5.73 Å². The third kappa shape index (κ3) is 4.26. The number of hydrogen-bond donors (Lipinski definition) is 1. The zero-order valence-corrected chi connectivity index (χ0v) is 13.4. The Morgan fingerprint density at radius 2 is 1.94 bits per heavy atom. The largest absolute Gasteiger partial charge is 0.368 e. The Balaban J connectivity index is 2.97. The number of rotatable bonds is 6. The van der Waals surface area contributed by atoms with E-state index < -0.39 is 0 Å². The molecular formula is C14H24BrN3. The Kier molecular flexibility index (Phi) is 6.12. The van der Waals surface area contributed by atoms with E-state index in [9.17, 15) is 0 Å². The molecule has 1 aromatic carbocycles. The molecule has 102 valence electrons. The van der Waals surface area contributed by atoms with Gasteiger partial charge in [-0.15, -0.1) is 0 Å². The molecule has 0 radical (unpaired) electrons. The van der Waals surface area contributed by atoms with Crippen molar-refractivity contribution in [3.05, 3.63) is 28.2 Å². The molecule has 0 heterocycles.